The van der Waals surface area contributed by atoms with Crippen molar-refractivity contribution in [2.24, 2.45) is 0 Å². The van der Waals surface area contributed by atoms with Crippen LogP contribution in [0.25, 0.3) is 0 Å². The maximum atomic E-state index is 12.4. The van der Waals surface area contributed by atoms with E-state index in [2.05, 4.69) is 31.3 Å². The van der Waals surface area contributed by atoms with Crippen LogP contribution in [0.15, 0.2) is 24.3 Å². The minimum absolute atomic E-state index is 0.0355. The summed E-state index contributed by atoms with van der Waals surface area (Å²) in [7, 11) is 0. The molecule has 0 aromatic heterocycles. The predicted octanol–water partition coefficient (Wildman–Crippen LogP) is 14.3. The Labute approximate surface area is 348 Å². The average molecular weight is 790 g/mol. The Morgan fingerprint density at radius 2 is 0.839 bits per heavy atom. The van der Waals surface area contributed by atoms with Gasteiger partial charge in [0.2, 0.25) is 5.91 Å². The van der Waals surface area contributed by atoms with Crippen molar-refractivity contribution < 1.29 is 24.5 Å². The van der Waals surface area contributed by atoms with E-state index in [-0.39, 0.29) is 18.5 Å². The Bertz CT molecular complexity index is 874. The van der Waals surface area contributed by atoms with Gasteiger partial charge in [0, 0.05) is 12.8 Å². The Morgan fingerprint density at radius 1 is 0.482 bits per heavy atom. The van der Waals surface area contributed by atoms with Crippen molar-refractivity contribution in [1.82, 2.24) is 5.32 Å². The molecule has 6 nitrogen and oxygen atoms in total. The Balaban J connectivity index is 3.54. The van der Waals surface area contributed by atoms with Crippen molar-refractivity contribution in [2.75, 3.05) is 13.2 Å². The van der Waals surface area contributed by atoms with Gasteiger partial charge in [0.25, 0.3) is 0 Å². The highest BCUT2D eigenvalue weighted by Gasteiger charge is 2.18. The van der Waals surface area contributed by atoms with E-state index in [0.29, 0.717) is 19.4 Å². The first kappa shape index (κ1) is 54.3. The van der Waals surface area contributed by atoms with E-state index in [1.54, 1.807) is 6.08 Å². The van der Waals surface area contributed by atoms with Gasteiger partial charge in [0.1, 0.15) is 0 Å². The van der Waals surface area contributed by atoms with E-state index in [9.17, 15) is 19.8 Å². The monoisotopic (exact) mass is 790 g/mol. The van der Waals surface area contributed by atoms with Crippen LogP contribution in [-0.4, -0.2) is 47.4 Å². The number of aliphatic hydroxyl groups excluding tert-OH is 2. The van der Waals surface area contributed by atoms with Crippen LogP contribution >= 0.6 is 0 Å². The largest absolute Gasteiger partial charge is 0.466 e. The predicted molar refractivity (Wildman–Crippen MR) is 241 cm³/mol. The molecule has 330 valence electrons. The second-order valence-electron chi connectivity index (χ2n) is 16.8. The highest BCUT2D eigenvalue weighted by atomic mass is 16.5. The van der Waals surface area contributed by atoms with Crippen molar-refractivity contribution >= 4 is 11.9 Å². The Morgan fingerprint density at radius 3 is 1.27 bits per heavy atom. The Kier molecular flexibility index (Phi) is 44.7. The van der Waals surface area contributed by atoms with Crippen LogP contribution in [0.3, 0.4) is 0 Å². The number of ether oxygens (including phenoxy) is 1. The van der Waals surface area contributed by atoms with Crippen LogP contribution in [0, 0.1) is 0 Å². The molecule has 0 spiro atoms. The van der Waals surface area contributed by atoms with Gasteiger partial charge in [0.15, 0.2) is 0 Å². The highest BCUT2D eigenvalue weighted by molar-refractivity contribution is 5.76. The summed E-state index contributed by atoms with van der Waals surface area (Å²) in [5.41, 5.74) is 0. The third kappa shape index (κ3) is 42.0. The number of allylic oxidation sites excluding steroid dienone is 3. The van der Waals surface area contributed by atoms with Gasteiger partial charge >= 0.3 is 5.97 Å². The second kappa shape index (κ2) is 46.0. The molecule has 0 fully saturated rings. The Hall–Kier alpha value is -1.66. The SMILES string of the molecule is CCCCCCCC/C=C\CCCCCCCC(=O)OCCCCCCCCCCCC(=O)NC(CO)C(O)/C=C/CCCCCCCCCCCCCCC. The number of carbonyl (C=O) groups is 2. The first-order chi connectivity index (χ1) is 27.5. The van der Waals surface area contributed by atoms with Crippen molar-refractivity contribution in [3.8, 4) is 0 Å². The number of esters is 1. The van der Waals surface area contributed by atoms with E-state index in [1.165, 1.54) is 173 Å². The minimum Gasteiger partial charge on any atom is -0.466 e. The molecule has 6 heteroatoms. The molecule has 0 aliphatic heterocycles. The van der Waals surface area contributed by atoms with Gasteiger partial charge in [-0.2, -0.15) is 0 Å². The van der Waals surface area contributed by atoms with Gasteiger partial charge in [0.05, 0.1) is 25.4 Å². The minimum atomic E-state index is -0.861. The van der Waals surface area contributed by atoms with Gasteiger partial charge in [-0.1, -0.05) is 212 Å². The molecule has 0 radical (unpaired) electrons. The second-order valence-corrected chi connectivity index (χ2v) is 16.8. The number of aliphatic hydroxyl groups is 2. The summed E-state index contributed by atoms with van der Waals surface area (Å²) >= 11 is 0. The fourth-order valence-corrected chi connectivity index (χ4v) is 7.39. The molecule has 0 rings (SSSR count). The maximum Gasteiger partial charge on any atom is 0.305 e. The van der Waals surface area contributed by atoms with Crippen molar-refractivity contribution in [3.05, 3.63) is 24.3 Å². The van der Waals surface area contributed by atoms with E-state index in [1.807, 2.05) is 6.08 Å². The van der Waals surface area contributed by atoms with E-state index >= 15 is 0 Å². The lowest BCUT2D eigenvalue weighted by Crippen LogP contribution is -2.45. The summed E-state index contributed by atoms with van der Waals surface area (Å²) in [5, 5.41) is 23.0. The van der Waals surface area contributed by atoms with Crippen molar-refractivity contribution in [3.63, 3.8) is 0 Å². The molecular formula is C50H95NO5. The third-order valence-corrected chi connectivity index (χ3v) is 11.2. The summed E-state index contributed by atoms with van der Waals surface area (Å²) in [6.07, 6.45) is 53.1. The molecule has 0 heterocycles. The molecule has 2 unspecified atom stereocenters. The fourth-order valence-electron chi connectivity index (χ4n) is 7.39. The summed E-state index contributed by atoms with van der Waals surface area (Å²) in [5.74, 6) is -0.132. The van der Waals surface area contributed by atoms with Crippen LogP contribution in [0.5, 0.6) is 0 Å². The molecule has 3 N–H and O–H groups in total. The summed E-state index contributed by atoms with van der Waals surface area (Å²) in [6.45, 7) is 4.82. The zero-order chi connectivity index (χ0) is 40.8. The molecule has 0 aromatic rings. The number of hydrogen-bond acceptors (Lipinski definition) is 5. The molecule has 0 aromatic carbocycles. The summed E-state index contributed by atoms with van der Waals surface area (Å²) in [6, 6.07) is -0.647. The van der Waals surface area contributed by atoms with Crippen LogP contribution in [-0.2, 0) is 14.3 Å². The zero-order valence-corrected chi connectivity index (χ0v) is 37.4. The molecule has 0 saturated heterocycles. The summed E-state index contributed by atoms with van der Waals surface area (Å²) in [4.78, 5) is 24.4. The van der Waals surface area contributed by atoms with E-state index < -0.39 is 12.1 Å². The fraction of sp³-hybridized carbons (Fsp3) is 0.880. The quantitative estimate of drug-likeness (QED) is 0.0324. The van der Waals surface area contributed by atoms with Gasteiger partial charge in [-0.3, -0.25) is 9.59 Å². The molecule has 0 saturated carbocycles. The topological polar surface area (TPSA) is 95.9 Å². The molecular weight excluding hydrogens is 695 g/mol. The first-order valence-electron chi connectivity index (χ1n) is 24.6. The summed E-state index contributed by atoms with van der Waals surface area (Å²) < 4.78 is 5.44. The third-order valence-electron chi connectivity index (χ3n) is 11.2. The van der Waals surface area contributed by atoms with Crippen molar-refractivity contribution in [1.29, 1.82) is 0 Å². The van der Waals surface area contributed by atoms with E-state index in [0.717, 1.165) is 57.8 Å². The van der Waals surface area contributed by atoms with Crippen molar-refractivity contribution in [2.45, 2.75) is 270 Å². The lowest BCUT2D eigenvalue weighted by molar-refractivity contribution is -0.143. The number of amides is 1. The van der Waals surface area contributed by atoms with E-state index in [4.69, 9.17) is 4.74 Å². The van der Waals surface area contributed by atoms with Gasteiger partial charge in [-0.25, -0.2) is 0 Å². The number of rotatable bonds is 45. The van der Waals surface area contributed by atoms with Crippen LogP contribution in [0.2, 0.25) is 0 Å². The smallest absolute Gasteiger partial charge is 0.305 e. The molecule has 0 bridgehead atoms. The number of unbranched alkanes of at least 4 members (excludes halogenated alkanes) is 32. The normalized spacial score (nSPS) is 12.9. The lowest BCUT2D eigenvalue weighted by Gasteiger charge is -2.20. The van der Waals surface area contributed by atoms with Crippen LogP contribution < -0.4 is 5.32 Å². The number of nitrogens with one attached hydrogen (secondary N) is 1. The van der Waals surface area contributed by atoms with Crippen LogP contribution in [0.1, 0.15) is 258 Å². The highest BCUT2D eigenvalue weighted by Crippen LogP contribution is 2.15. The van der Waals surface area contributed by atoms with Gasteiger partial charge in [-0.05, 0) is 57.8 Å². The number of hydrogen-bond donors (Lipinski definition) is 3. The van der Waals surface area contributed by atoms with Crippen LogP contribution in [0.4, 0.5) is 0 Å². The van der Waals surface area contributed by atoms with Gasteiger partial charge in [-0.15, -0.1) is 0 Å². The molecule has 56 heavy (non-hydrogen) atoms. The first-order valence-corrected chi connectivity index (χ1v) is 24.6. The zero-order valence-electron chi connectivity index (χ0n) is 37.4. The standard InChI is InChI=1S/C50H95NO5/c1-3-5-7-9-11-13-15-17-19-21-23-26-30-34-38-42-48(53)47(46-52)51-49(54)43-39-35-31-27-25-29-33-37-41-45-56-50(55)44-40-36-32-28-24-22-20-18-16-14-12-10-8-6-4-2/h18,20,38,42,47-48,52-53H,3-17,19,21-37,39-41,43-46H2,1-2H3,(H,51,54)/b20-18-,42-38+. The molecule has 0 aliphatic rings. The number of carbonyl (C=O) groups excluding carboxylic acids is 2. The maximum absolute atomic E-state index is 12.4. The average Bonchev–Trinajstić information content (AvgIpc) is 3.20. The molecule has 0 aliphatic carbocycles. The lowest BCUT2D eigenvalue weighted by atomic mass is 10.0. The van der Waals surface area contributed by atoms with Gasteiger partial charge < -0.3 is 20.3 Å². The molecule has 2 atom stereocenters. The molecule has 1 amide bonds.